The fourth-order valence-corrected chi connectivity index (χ4v) is 1.77. The van der Waals surface area contributed by atoms with Crippen LogP contribution in [-0.4, -0.2) is 39.4 Å². The summed E-state index contributed by atoms with van der Waals surface area (Å²) in [5, 5.41) is 3.34. The van der Waals surface area contributed by atoms with E-state index in [9.17, 15) is 4.79 Å². The Morgan fingerprint density at radius 3 is 2.85 bits per heavy atom. The van der Waals surface area contributed by atoms with Gasteiger partial charge in [-0.25, -0.2) is 0 Å². The van der Waals surface area contributed by atoms with Crippen molar-refractivity contribution < 1.29 is 14.3 Å². The standard InChI is InChI=1S/C15H24N2O3/c1-19-9-10-20-8-3-2-7-17-12-13-5-4-6-14(11-13)15(16)18/h4-6,11,17H,2-3,7-10,12H2,1H3,(H2,16,18). The predicted molar refractivity (Wildman–Crippen MR) is 78.6 cm³/mol. The number of carbonyl (C=O) groups excluding carboxylic acids is 1. The normalized spacial score (nSPS) is 10.7. The van der Waals surface area contributed by atoms with E-state index >= 15 is 0 Å². The number of nitrogens with one attached hydrogen (secondary N) is 1. The van der Waals surface area contributed by atoms with E-state index < -0.39 is 0 Å². The molecule has 0 aliphatic heterocycles. The molecule has 5 heteroatoms. The third-order valence-electron chi connectivity index (χ3n) is 2.86. The van der Waals surface area contributed by atoms with E-state index in [4.69, 9.17) is 15.2 Å². The molecule has 0 aliphatic rings. The number of nitrogens with two attached hydrogens (primary N) is 1. The number of hydrogen-bond acceptors (Lipinski definition) is 4. The van der Waals surface area contributed by atoms with Gasteiger partial charge in [-0.05, 0) is 37.1 Å². The lowest BCUT2D eigenvalue weighted by atomic mass is 10.1. The zero-order valence-corrected chi connectivity index (χ0v) is 12.1. The zero-order chi connectivity index (χ0) is 14.6. The van der Waals surface area contributed by atoms with Gasteiger partial charge in [0.25, 0.3) is 0 Å². The fraction of sp³-hybridized carbons (Fsp3) is 0.533. The highest BCUT2D eigenvalue weighted by atomic mass is 16.5. The molecule has 112 valence electrons. The summed E-state index contributed by atoms with van der Waals surface area (Å²) in [6, 6.07) is 7.38. The van der Waals surface area contributed by atoms with Crippen LogP contribution in [0.15, 0.2) is 24.3 Å². The number of carbonyl (C=O) groups is 1. The number of amides is 1. The van der Waals surface area contributed by atoms with Crippen LogP contribution in [0.3, 0.4) is 0 Å². The summed E-state index contributed by atoms with van der Waals surface area (Å²) in [5.41, 5.74) is 6.86. The van der Waals surface area contributed by atoms with Crippen molar-refractivity contribution in [2.24, 2.45) is 5.73 Å². The number of benzene rings is 1. The van der Waals surface area contributed by atoms with Gasteiger partial charge in [0.15, 0.2) is 0 Å². The Hall–Kier alpha value is -1.43. The van der Waals surface area contributed by atoms with Crippen LogP contribution >= 0.6 is 0 Å². The maximum absolute atomic E-state index is 11.1. The van der Waals surface area contributed by atoms with Crippen LogP contribution in [0.25, 0.3) is 0 Å². The zero-order valence-electron chi connectivity index (χ0n) is 12.1. The van der Waals surface area contributed by atoms with Crippen molar-refractivity contribution in [3.05, 3.63) is 35.4 Å². The number of rotatable bonds is 11. The molecule has 1 rings (SSSR count). The lowest BCUT2D eigenvalue weighted by Crippen LogP contribution is -2.16. The number of primary amides is 1. The van der Waals surface area contributed by atoms with Gasteiger partial charge in [0.05, 0.1) is 13.2 Å². The van der Waals surface area contributed by atoms with E-state index in [2.05, 4.69) is 5.32 Å². The first kappa shape index (κ1) is 16.6. The topological polar surface area (TPSA) is 73.6 Å². The van der Waals surface area contributed by atoms with Gasteiger partial charge in [0.2, 0.25) is 5.91 Å². The van der Waals surface area contributed by atoms with Gasteiger partial charge < -0.3 is 20.5 Å². The summed E-state index contributed by atoms with van der Waals surface area (Å²) in [6.45, 7) is 3.74. The fourth-order valence-electron chi connectivity index (χ4n) is 1.77. The van der Waals surface area contributed by atoms with Crippen molar-refractivity contribution in [2.45, 2.75) is 19.4 Å². The van der Waals surface area contributed by atoms with Crippen molar-refractivity contribution in [3.8, 4) is 0 Å². The third kappa shape index (κ3) is 7.23. The van der Waals surface area contributed by atoms with Gasteiger partial charge in [-0.3, -0.25) is 4.79 Å². The van der Waals surface area contributed by atoms with Crippen LogP contribution in [0.2, 0.25) is 0 Å². The van der Waals surface area contributed by atoms with Gasteiger partial charge in [-0.2, -0.15) is 0 Å². The van der Waals surface area contributed by atoms with Crippen LogP contribution in [-0.2, 0) is 16.0 Å². The Morgan fingerprint density at radius 1 is 1.25 bits per heavy atom. The van der Waals surface area contributed by atoms with Crippen LogP contribution in [0, 0.1) is 0 Å². The van der Waals surface area contributed by atoms with Gasteiger partial charge >= 0.3 is 0 Å². The SMILES string of the molecule is COCCOCCCCNCc1cccc(C(N)=O)c1. The molecule has 0 heterocycles. The molecule has 0 radical (unpaired) electrons. The highest BCUT2D eigenvalue weighted by Gasteiger charge is 2.00. The molecule has 1 amide bonds. The summed E-state index contributed by atoms with van der Waals surface area (Å²) in [7, 11) is 1.67. The molecule has 0 bridgehead atoms. The van der Waals surface area contributed by atoms with Crippen molar-refractivity contribution in [1.29, 1.82) is 0 Å². The average molecular weight is 280 g/mol. The Bertz CT molecular complexity index is 396. The molecular weight excluding hydrogens is 256 g/mol. The van der Waals surface area contributed by atoms with Crippen LogP contribution in [0.1, 0.15) is 28.8 Å². The number of unbranched alkanes of at least 4 members (excludes halogenated alkanes) is 1. The summed E-state index contributed by atoms with van der Waals surface area (Å²) < 4.78 is 10.3. The number of ether oxygens (including phenoxy) is 2. The molecule has 0 aliphatic carbocycles. The van der Waals surface area contributed by atoms with E-state index in [0.29, 0.717) is 18.8 Å². The smallest absolute Gasteiger partial charge is 0.248 e. The first-order chi connectivity index (χ1) is 9.74. The first-order valence-electron chi connectivity index (χ1n) is 6.90. The summed E-state index contributed by atoms with van der Waals surface area (Å²) in [5.74, 6) is -0.389. The molecule has 0 atom stereocenters. The van der Waals surface area contributed by atoms with E-state index in [0.717, 1.165) is 38.1 Å². The molecule has 3 N–H and O–H groups in total. The molecule has 1 aromatic carbocycles. The lowest BCUT2D eigenvalue weighted by molar-refractivity contribution is 0.0688. The Labute approximate surface area is 120 Å². The minimum atomic E-state index is -0.389. The van der Waals surface area contributed by atoms with Crippen molar-refractivity contribution in [3.63, 3.8) is 0 Å². The van der Waals surface area contributed by atoms with E-state index in [-0.39, 0.29) is 5.91 Å². The molecule has 0 spiro atoms. The molecule has 20 heavy (non-hydrogen) atoms. The average Bonchev–Trinajstić information content (AvgIpc) is 2.46. The second kappa shape index (κ2) is 10.4. The molecule has 0 aromatic heterocycles. The summed E-state index contributed by atoms with van der Waals surface area (Å²) in [4.78, 5) is 11.1. The highest BCUT2D eigenvalue weighted by molar-refractivity contribution is 5.92. The first-order valence-corrected chi connectivity index (χ1v) is 6.90. The van der Waals surface area contributed by atoms with Crippen molar-refractivity contribution in [1.82, 2.24) is 5.32 Å². The van der Waals surface area contributed by atoms with Crippen molar-refractivity contribution >= 4 is 5.91 Å². The van der Waals surface area contributed by atoms with Gasteiger partial charge in [0.1, 0.15) is 0 Å². The van der Waals surface area contributed by atoms with Crippen LogP contribution in [0.5, 0.6) is 0 Å². The largest absolute Gasteiger partial charge is 0.382 e. The molecule has 0 fully saturated rings. The molecular formula is C15H24N2O3. The van der Waals surface area contributed by atoms with E-state index in [1.165, 1.54) is 0 Å². The summed E-state index contributed by atoms with van der Waals surface area (Å²) >= 11 is 0. The number of hydrogen-bond donors (Lipinski definition) is 2. The van der Waals surface area contributed by atoms with Crippen LogP contribution < -0.4 is 11.1 Å². The molecule has 0 saturated carbocycles. The molecule has 0 saturated heterocycles. The highest BCUT2D eigenvalue weighted by Crippen LogP contribution is 2.04. The van der Waals surface area contributed by atoms with Gasteiger partial charge in [0, 0.05) is 25.8 Å². The monoisotopic (exact) mass is 280 g/mol. The molecule has 0 unspecified atom stereocenters. The predicted octanol–water partition coefficient (Wildman–Crippen LogP) is 1.32. The van der Waals surface area contributed by atoms with E-state index in [1.807, 2.05) is 18.2 Å². The van der Waals surface area contributed by atoms with E-state index in [1.54, 1.807) is 13.2 Å². The molecule has 5 nitrogen and oxygen atoms in total. The minimum absolute atomic E-state index is 0.389. The second-order valence-electron chi connectivity index (χ2n) is 4.55. The second-order valence-corrected chi connectivity index (χ2v) is 4.55. The van der Waals surface area contributed by atoms with Gasteiger partial charge in [-0.15, -0.1) is 0 Å². The van der Waals surface area contributed by atoms with Gasteiger partial charge in [-0.1, -0.05) is 12.1 Å². The quantitative estimate of drug-likeness (QED) is 0.600. The third-order valence-corrected chi connectivity index (χ3v) is 2.86. The lowest BCUT2D eigenvalue weighted by Gasteiger charge is -2.06. The maximum Gasteiger partial charge on any atom is 0.248 e. The summed E-state index contributed by atoms with van der Waals surface area (Å²) in [6.07, 6.45) is 2.08. The maximum atomic E-state index is 11.1. The minimum Gasteiger partial charge on any atom is -0.382 e. The molecule has 1 aromatic rings. The Balaban J connectivity index is 2.06. The Morgan fingerprint density at radius 2 is 2.10 bits per heavy atom. The Kier molecular flexibility index (Phi) is 8.62. The van der Waals surface area contributed by atoms with Crippen LogP contribution in [0.4, 0.5) is 0 Å². The number of methoxy groups -OCH3 is 1. The van der Waals surface area contributed by atoms with Crippen molar-refractivity contribution in [2.75, 3.05) is 33.5 Å².